The number of benzene rings is 1. The molecule has 0 amide bonds. The van der Waals surface area contributed by atoms with Crippen LogP contribution in [0.5, 0.6) is 5.75 Å². The summed E-state index contributed by atoms with van der Waals surface area (Å²) in [5.74, 6) is 0.350. The zero-order chi connectivity index (χ0) is 13.0. The molecule has 0 bridgehead atoms. The maximum Gasteiger partial charge on any atom is 0.134 e. The predicted octanol–water partition coefficient (Wildman–Crippen LogP) is 3.52. The van der Waals surface area contributed by atoms with Crippen LogP contribution >= 0.6 is 40.7 Å². The van der Waals surface area contributed by atoms with Gasteiger partial charge in [-0.2, -0.15) is 0 Å². The number of aromatic hydroxyl groups is 1. The molecule has 0 saturated carbocycles. The van der Waals surface area contributed by atoms with Crippen LogP contribution in [0.4, 0.5) is 0 Å². The van der Waals surface area contributed by atoms with E-state index in [0.29, 0.717) is 5.75 Å². The second-order valence-electron chi connectivity index (χ2n) is 4.50. The van der Waals surface area contributed by atoms with Crippen molar-refractivity contribution in [1.82, 2.24) is 10.2 Å². The van der Waals surface area contributed by atoms with Crippen molar-refractivity contribution in [3.8, 4) is 5.75 Å². The Morgan fingerprint density at radius 3 is 2.60 bits per heavy atom. The molecule has 1 aliphatic rings. The molecule has 1 fully saturated rings. The Kier molecular flexibility index (Phi) is 9.51. The number of nitrogens with zero attached hydrogens (tertiary/aromatic N) is 1. The van der Waals surface area contributed by atoms with E-state index in [2.05, 4.69) is 32.7 Å². The number of hydrogen-bond donors (Lipinski definition) is 2. The van der Waals surface area contributed by atoms with Gasteiger partial charge in [-0.15, -0.1) is 31.4 Å². The lowest BCUT2D eigenvalue weighted by atomic mass is 10.00. The van der Waals surface area contributed by atoms with Crippen LogP contribution in [-0.4, -0.2) is 36.2 Å². The van der Waals surface area contributed by atoms with E-state index in [0.717, 1.165) is 42.6 Å². The van der Waals surface area contributed by atoms with Crippen molar-refractivity contribution in [2.45, 2.75) is 12.5 Å². The van der Waals surface area contributed by atoms with E-state index in [1.54, 1.807) is 0 Å². The fourth-order valence-corrected chi connectivity index (χ4v) is 2.81. The number of para-hydroxylation sites is 1. The molecular weight excluding hydrogens is 363 g/mol. The minimum absolute atomic E-state index is 0. The molecule has 1 atom stereocenters. The van der Waals surface area contributed by atoms with Crippen molar-refractivity contribution >= 4 is 40.7 Å². The Balaban J connectivity index is 0.00000180. The Morgan fingerprint density at radius 2 is 2.00 bits per heavy atom. The van der Waals surface area contributed by atoms with E-state index in [-0.39, 0.29) is 30.9 Å². The summed E-state index contributed by atoms with van der Waals surface area (Å²) >= 11 is 3.38. The molecule has 2 N–H and O–H groups in total. The van der Waals surface area contributed by atoms with Gasteiger partial charge in [0.25, 0.3) is 0 Å². The molecule has 114 valence electrons. The van der Waals surface area contributed by atoms with E-state index in [1.807, 2.05) is 24.3 Å². The molecule has 0 aromatic heterocycles. The number of phenols is 1. The maximum atomic E-state index is 10.2. The molecule has 0 aliphatic carbocycles. The molecule has 20 heavy (non-hydrogen) atoms. The molecule has 0 unspecified atom stereocenters. The molecule has 1 aliphatic heterocycles. The molecule has 1 aromatic rings. The number of hydrogen-bond acceptors (Lipinski definition) is 3. The van der Waals surface area contributed by atoms with Gasteiger partial charge < -0.3 is 10.4 Å². The van der Waals surface area contributed by atoms with Crippen LogP contribution in [0, 0.1) is 0 Å². The zero-order valence-electron chi connectivity index (χ0n) is 11.2. The fourth-order valence-electron chi connectivity index (χ4n) is 2.43. The Labute approximate surface area is 141 Å². The minimum atomic E-state index is 0. The summed E-state index contributed by atoms with van der Waals surface area (Å²) in [5, 5.41) is 13.6. The molecule has 0 spiro atoms. The predicted molar refractivity (Wildman–Crippen MR) is 92.3 cm³/mol. The van der Waals surface area contributed by atoms with Crippen LogP contribution in [0.25, 0.3) is 0 Å². The van der Waals surface area contributed by atoms with Gasteiger partial charge in [0.1, 0.15) is 5.75 Å². The Hall–Kier alpha value is -0.260. The summed E-state index contributed by atoms with van der Waals surface area (Å²) in [6.07, 6.45) is 2.77. The number of piperazine rings is 1. The molecule has 1 heterocycles. The van der Waals surface area contributed by atoms with E-state index in [9.17, 15) is 5.11 Å². The van der Waals surface area contributed by atoms with Crippen molar-refractivity contribution in [2.24, 2.45) is 0 Å². The minimum Gasteiger partial charge on any atom is -0.506 e. The van der Waals surface area contributed by atoms with E-state index in [4.69, 9.17) is 0 Å². The van der Waals surface area contributed by atoms with Gasteiger partial charge in [-0.1, -0.05) is 18.2 Å². The third-order valence-corrected chi connectivity index (χ3v) is 4.00. The summed E-state index contributed by atoms with van der Waals surface area (Å²) in [4.78, 5) is 2.40. The SMILES string of the molecule is C=CC[C@H](c1cccc(Br)c1O)N1CCNCC1.Cl.Cl. The Morgan fingerprint density at radius 1 is 1.35 bits per heavy atom. The van der Waals surface area contributed by atoms with Gasteiger partial charge in [0.05, 0.1) is 4.47 Å². The topological polar surface area (TPSA) is 35.5 Å². The number of phenolic OH excluding ortho intramolecular Hbond substituents is 1. The lowest BCUT2D eigenvalue weighted by molar-refractivity contribution is 0.172. The van der Waals surface area contributed by atoms with Gasteiger partial charge >= 0.3 is 0 Å². The van der Waals surface area contributed by atoms with Crippen molar-refractivity contribution in [3.63, 3.8) is 0 Å². The molecule has 2 rings (SSSR count). The van der Waals surface area contributed by atoms with Gasteiger partial charge in [0, 0.05) is 37.8 Å². The first kappa shape index (κ1) is 19.7. The summed E-state index contributed by atoms with van der Waals surface area (Å²) in [5.41, 5.74) is 0.978. The second-order valence-corrected chi connectivity index (χ2v) is 5.36. The van der Waals surface area contributed by atoms with Crippen LogP contribution in [0.15, 0.2) is 35.3 Å². The zero-order valence-corrected chi connectivity index (χ0v) is 14.4. The highest BCUT2D eigenvalue weighted by Crippen LogP contribution is 2.36. The van der Waals surface area contributed by atoms with Gasteiger partial charge in [0.2, 0.25) is 0 Å². The first-order valence-electron chi connectivity index (χ1n) is 6.27. The highest BCUT2D eigenvalue weighted by Gasteiger charge is 2.23. The summed E-state index contributed by atoms with van der Waals surface area (Å²) < 4.78 is 0.754. The van der Waals surface area contributed by atoms with E-state index < -0.39 is 0 Å². The van der Waals surface area contributed by atoms with Crippen LogP contribution in [0.3, 0.4) is 0 Å². The van der Waals surface area contributed by atoms with Crippen molar-refractivity contribution < 1.29 is 5.11 Å². The number of rotatable bonds is 4. The van der Waals surface area contributed by atoms with Gasteiger partial charge in [-0.05, 0) is 28.4 Å². The van der Waals surface area contributed by atoms with Gasteiger partial charge in [0.15, 0.2) is 0 Å². The second kappa shape index (κ2) is 9.64. The molecule has 1 saturated heterocycles. The smallest absolute Gasteiger partial charge is 0.134 e. The average Bonchev–Trinajstić information content (AvgIpc) is 2.41. The first-order valence-corrected chi connectivity index (χ1v) is 7.06. The molecule has 3 nitrogen and oxygen atoms in total. The number of nitrogens with one attached hydrogen (secondary N) is 1. The maximum absolute atomic E-state index is 10.2. The van der Waals surface area contributed by atoms with Crippen molar-refractivity contribution in [1.29, 1.82) is 0 Å². The molecule has 0 radical (unpaired) electrons. The fraction of sp³-hybridized carbons (Fsp3) is 0.429. The molecule has 6 heteroatoms. The molecular formula is C14H21BrCl2N2O. The summed E-state index contributed by atoms with van der Waals surface area (Å²) in [6.45, 7) is 7.85. The summed E-state index contributed by atoms with van der Waals surface area (Å²) in [7, 11) is 0. The average molecular weight is 384 g/mol. The highest BCUT2D eigenvalue weighted by atomic mass is 79.9. The van der Waals surface area contributed by atoms with Crippen LogP contribution in [0.2, 0.25) is 0 Å². The monoisotopic (exact) mass is 382 g/mol. The largest absolute Gasteiger partial charge is 0.506 e. The lowest BCUT2D eigenvalue weighted by Crippen LogP contribution is -2.45. The normalized spacial score (nSPS) is 16.6. The van der Waals surface area contributed by atoms with Crippen LogP contribution in [0.1, 0.15) is 18.0 Å². The van der Waals surface area contributed by atoms with Gasteiger partial charge in [-0.3, -0.25) is 4.90 Å². The number of halogens is 3. The van der Waals surface area contributed by atoms with Crippen LogP contribution in [-0.2, 0) is 0 Å². The lowest BCUT2D eigenvalue weighted by Gasteiger charge is -2.35. The molecule has 1 aromatic carbocycles. The highest BCUT2D eigenvalue weighted by molar-refractivity contribution is 9.10. The van der Waals surface area contributed by atoms with Crippen molar-refractivity contribution in [2.75, 3.05) is 26.2 Å². The third kappa shape index (κ3) is 4.64. The van der Waals surface area contributed by atoms with E-state index >= 15 is 0 Å². The quantitative estimate of drug-likeness (QED) is 0.780. The van der Waals surface area contributed by atoms with Crippen LogP contribution < -0.4 is 5.32 Å². The van der Waals surface area contributed by atoms with Gasteiger partial charge in [-0.25, -0.2) is 0 Å². The van der Waals surface area contributed by atoms with E-state index in [1.165, 1.54) is 0 Å². The van der Waals surface area contributed by atoms with Crippen molar-refractivity contribution in [3.05, 3.63) is 40.9 Å². The first-order chi connectivity index (χ1) is 8.74. The Bertz CT molecular complexity index is 426. The third-order valence-electron chi connectivity index (χ3n) is 3.36. The summed E-state index contributed by atoms with van der Waals surface area (Å²) in [6, 6.07) is 6.04. The standard InChI is InChI=1S/C14H19BrN2O.2ClH/c1-2-4-13(17-9-7-16-8-10-17)11-5-3-6-12(15)14(11)18;;/h2-3,5-6,13,16,18H,1,4,7-10H2;2*1H/t13-;;/m1../s1.